The summed E-state index contributed by atoms with van der Waals surface area (Å²) in [5, 5.41) is 8.88. The zero-order valence-corrected chi connectivity index (χ0v) is 19.4. The van der Waals surface area contributed by atoms with Crippen LogP contribution in [-0.4, -0.2) is 51.1 Å². The Morgan fingerprint density at radius 1 is 0.794 bits per heavy atom. The number of hydrogen-bond acceptors (Lipinski definition) is 10. The Bertz CT molecular complexity index is 1210. The van der Waals surface area contributed by atoms with E-state index in [9.17, 15) is 0 Å². The minimum absolute atomic E-state index is 0.504. The molecular weight excluding hydrogens is 446 g/mol. The van der Waals surface area contributed by atoms with Gasteiger partial charge in [0.1, 0.15) is 6.33 Å². The number of piperazine rings is 1. The molecule has 1 aliphatic heterocycles. The van der Waals surface area contributed by atoms with E-state index in [1.54, 1.807) is 0 Å². The molecule has 0 saturated carbocycles. The van der Waals surface area contributed by atoms with Gasteiger partial charge in [0.05, 0.1) is 0 Å². The summed E-state index contributed by atoms with van der Waals surface area (Å²) in [6.45, 7) is 3.14. The Kier molecular flexibility index (Phi) is 6.78. The predicted molar refractivity (Wildman–Crippen MR) is 135 cm³/mol. The number of nitrogens with zero attached hydrogens (tertiary/aromatic N) is 7. The molecule has 0 unspecified atom stereocenters. The molecule has 1 saturated heterocycles. The predicted octanol–water partition coefficient (Wildman–Crippen LogP) is 3.29. The van der Waals surface area contributed by atoms with E-state index in [1.165, 1.54) is 23.8 Å². The summed E-state index contributed by atoms with van der Waals surface area (Å²) in [6, 6.07) is 18.2. The first-order valence-corrected chi connectivity index (χ1v) is 11.9. The van der Waals surface area contributed by atoms with Gasteiger partial charge >= 0.3 is 0 Å². The molecule has 0 bridgehead atoms. The zero-order valence-electron chi connectivity index (χ0n) is 18.6. The zero-order chi connectivity index (χ0) is 23.2. The first-order chi connectivity index (χ1) is 16.8. The summed E-state index contributed by atoms with van der Waals surface area (Å²) in [4.78, 5) is 27.8. The second-order valence-electron chi connectivity index (χ2n) is 7.91. The summed E-state index contributed by atoms with van der Waals surface area (Å²) < 4.78 is 0. The number of hydrogen-bond donors (Lipinski definition) is 2. The second kappa shape index (κ2) is 10.4. The van der Waals surface area contributed by atoms with Crippen molar-refractivity contribution in [3.05, 3.63) is 84.4 Å². The molecule has 0 spiro atoms. The molecule has 4 aromatic rings. The van der Waals surface area contributed by atoms with Crippen molar-refractivity contribution in [3.8, 4) is 0 Å². The van der Waals surface area contributed by atoms with E-state index in [2.05, 4.69) is 52.2 Å². The largest absolute Gasteiger partial charge is 0.337 e. The van der Waals surface area contributed by atoms with E-state index in [-0.39, 0.29) is 0 Å². The van der Waals surface area contributed by atoms with Crippen LogP contribution in [0.1, 0.15) is 11.1 Å². The highest BCUT2D eigenvalue weighted by Gasteiger charge is 2.21. The maximum atomic E-state index is 5.65. The topological polar surface area (TPSA) is 109 Å². The quantitative estimate of drug-likeness (QED) is 0.390. The lowest BCUT2D eigenvalue weighted by atomic mass is 10.1. The lowest BCUT2D eigenvalue weighted by molar-refractivity contribution is 0.626. The van der Waals surface area contributed by atoms with Crippen LogP contribution >= 0.6 is 11.9 Å². The van der Waals surface area contributed by atoms with Gasteiger partial charge in [0.15, 0.2) is 0 Å². The molecule has 2 aromatic carbocycles. The Balaban J connectivity index is 1.18. The van der Waals surface area contributed by atoms with Gasteiger partial charge in [0.25, 0.3) is 0 Å². The first kappa shape index (κ1) is 22.1. The molecule has 0 atom stereocenters. The van der Waals surface area contributed by atoms with E-state index in [0.717, 1.165) is 54.7 Å². The van der Waals surface area contributed by atoms with Crippen molar-refractivity contribution in [2.24, 2.45) is 5.14 Å². The number of nitrogens with two attached hydrogens (primary N) is 1. The van der Waals surface area contributed by atoms with Crippen LogP contribution in [0.3, 0.4) is 0 Å². The number of rotatable bonds is 7. The highest BCUT2D eigenvalue weighted by atomic mass is 32.2. The molecule has 5 rings (SSSR count). The molecule has 0 radical (unpaired) electrons. The molecule has 0 amide bonds. The smallest absolute Gasteiger partial charge is 0.231 e. The molecule has 34 heavy (non-hydrogen) atoms. The fraction of sp³-hybridized carbons (Fsp3) is 0.208. The Labute approximate surface area is 202 Å². The molecule has 2 aromatic heterocycles. The van der Waals surface area contributed by atoms with Gasteiger partial charge in [0.2, 0.25) is 17.8 Å². The van der Waals surface area contributed by atoms with Crippen LogP contribution in [0.15, 0.2) is 78.2 Å². The maximum Gasteiger partial charge on any atom is 0.231 e. The van der Waals surface area contributed by atoms with Gasteiger partial charge in [-0.15, -0.1) is 0 Å². The van der Waals surface area contributed by atoms with Crippen LogP contribution < -0.4 is 20.3 Å². The highest BCUT2D eigenvalue weighted by Crippen LogP contribution is 2.21. The maximum absolute atomic E-state index is 5.65. The van der Waals surface area contributed by atoms with Crippen LogP contribution in [0.2, 0.25) is 0 Å². The van der Waals surface area contributed by atoms with Crippen molar-refractivity contribution < 1.29 is 0 Å². The summed E-state index contributed by atoms with van der Waals surface area (Å²) in [7, 11) is 0. The Hall–Kier alpha value is -3.76. The average molecular weight is 472 g/mol. The fourth-order valence-electron chi connectivity index (χ4n) is 3.82. The third-order valence-corrected chi connectivity index (χ3v) is 6.10. The van der Waals surface area contributed by atoms with Gasteiger partial charge in [0, 0.05) is 55.6 Å². The van der Waals surface area contributed by atoms with E-state index in [1.807, 2.05) is 54.9 Å². The molecule has 3 heterocycles. The molecule has 1 aliphatic rings. The summed E-state index contributed by atoms with van der Waals surface area (Å²) in [6.07, 6.45) is 6.21. The van der Waals surface area contributed by atoms with E-state index >= 15 is 0 Å². The van der Waals surface area contributed by atoms with Crippen LogP contribution in [0, 0.1) is 0 Å². The average Bonchev–Trinajstić information content (AvgIpc) is 2.90. The van der Waals surface area contributed by atoms with E-state index in [4.69, 9.17) is 5.14 Å². The van der Waals surface area contributed by atoms with Crippen molar-refractivity contribution in [1.29, 1.82) is 0 Å². The molecule has 9 nitrogen and oxygen atoms in total. The summed E-state index contributed by atoms with van der Waals surface area (Å²) in [5.41, 5.74) is 3.24. The van der Waals surface area contributed by atoms with Crippen LogP contribution in [-0.2, 0) is 6.42 Å². The second-order valence-corrected chi connectivity index (χ2v) is 8.61. The highest BCUT2D eigenvalue weighted by molar-refractivity contribution is 7.97. The number of nitrogens with one attached hydrogen (secondary N) is 1. The molecular formula is C24H25N9S. The molecule has 172 valence electrons. The number of benzene rings is 2. The van der Waals surface area contributed by atoms with Crippen molar-refractivity contribution in [1.82, 2.24) is 24.9 Å². The molecule has 3 N–H and O–H groups in total. The molecule has 0 aliphatic carbocycles. The van der Waals surface area contributed by atoms with Gasteiger partial charge in [-0.1, -0.05) is 36.4 Å². The van der Waals surface area contributed by atoms with Gasteiger partial charge in [-0.3, -0.25) is 5.14 Å². The minimum Gasteiger partial charge on any atom is -0.337 e. The third-order valence-electron chi connectivity index (χ3n) is 5.57. The lowest BCUT2D eigenvalue weighted by Crippen LogP contribution is -2.47. The van der Waals surface area contributed by atoms with Crippen LogP contribution in [0.5, 0.6) is 0 Å². The fourth-order valence-corrected chi connectivity index (χ4v) is 4.17. The van der Waals surface area contributed by atoms with E-state index < -0.39 is 0 Å². The number of anilines is 4. The Morgan fingerprint density at radius 3 is 2.26 bits per heavy atom. The normalized spacial score (nSPS) is 13.7. The van der Waals surface area contributed by atoms with Crippen LogP contribution in [0.4, 0.5) is 23.5 Å². The van der Waals surface area contributed by atoms with Crippen molar-refractivity contribution in [2.75, 3.05) is 41.3 Å². The standard InChI is InChI=1S/C24H25N9S/c25-34-21-8-4-7-20(14-21)30-22-28-17-29-24(31-22)33-11-9-32(10-12-33)23-26-15-19(16-27-23)13-18-5-2-1-3-6-18/h1-8,14-17H,9-13,25H2,(H,28,29,30,31). The molecule has 1 fully saturated rings. The van der Waals surface area contributed by atoms with Gasteiger partial charge in [-0.2, -0.15) is 4.98 Å². The monoisotopic (exact) mass is 471 g/mol. The van der Waals surface area contributed by atoms with Crippen molar-refractivity contribution in [3.63, 3.8) is 0 Å². The van der Waals surface area contributed by atoms with Gasteiger partial charge in [-0.25, -0.2) is 19.9 Å². The summed E-state index contributed by atoms with van der Waals surface area (Å²) in [5.74, 6) is 1.91. The third kappa shape index (κ3) is 5.41. The van der Waals surface area contributed by atoms with Gasteiger partial charge < -0.3 is 15.1 Å². The van der Waals surface area contributed by atoms with Gasteiger partial charge in [-0.05, 0) is 41.3 Å². The van der Waals surface area contributed by atoms with Crippen molar-refractivity contribution in [2.45, 2.75) is 11.3 Å². The first-order valence-electron chi connectivity index (χ1n) is 11.0. The summed E-state index contributed by atoms with van der Waals surface area (Å²) >= 11 is 1.20. The van der Waals surface area contributed by atoms with Crippen molar-refractivity contribution >= 4 is 35.5 Å². The lowest BCUT2D eigenvalue weighted by Gasteiger charge is -2.34. The minimum atomic E-state index is 0.504. The van der Waals surface area contributed by atoms with E-state index in [0.29, 0.717) is 11.9 Å². The van der Waals surface area contributed by atoms with Crippen LogP contribution in [0.25, 0.3) is 0 Å². The SMILES string of the molecule is NSc1cccc(Nc2ncnc(N3CCN(c4ncc(Cc5ccccc5)cn4)CC3)n2)c1. The molecule has 10 heteroatoms. The number of aromatic nitrogens is 5. The Morgan fingerprint density at radius 2 is 1.53 bits per heavy atom.